The average Bonchev–Trinajstić information content (AvgIpc) is 3.74. The van der Waals surface area contributed by atoms with Gasteiger partial charge >= 0.3 is 0 Å². The summed E-state index contributed by atoms with van der Waals surface area (Å²) >= 11 is 0. The van der Waals surface area contributed by atoms with Gasteiger partial charge in [0.2, 0.25) is 0 Å². The Bertz CT molecular complexity index is 3920. The van der Waals surface area contributed by atoms with Crippen LogP contribution < -0.4 is 0 Å². The molecular formula is C55H30. The molecule has 55 heavy (non-hydrogen) atoms. The zero-order valence-electron chi connectivity index (χ0n) is 30.1. The highest BCUT2D eigenvalue weighted by Gasteiger charge is 2.28. The van der Waals surface area contributed by atoms with E-state index in [2.05, 4.69) is 171 Å². The van der Waals surface area contributed by atoms with Crippen molar-refractivity contribution in [3.05, 3.63) is 169 Å². The van der Waals surface area contributed by atoms with Crippen LogP contribution in [0.4, 0.5) is 0 Å². The standard InChI is InChI=1S/C55H30/c1-29-11-5-7-15-34(29)49-37-18-10-9-17-36(37)45(31-13-3-2-4-14-31)54-42-26-24-39-38-23-25-41-48-35-16-8-6-12-30(35)21-22-40(48)43-27-32-19-20-33-28-44(55(49)54)51(42)53(39)47(33)46(32)52(38)50(41)43/h2-28H,1H3. The molecule has 0 N–H and O–H groups in total. The van der Waals surface area contributed by atoms with Gasteiger partial charge in [-0.25, -0.2) is 0 Å². The third-order valence-electron chi connectivity index (χ3n) is 13.3. The molecule has 0 spiro atoms. The summed E-state index contributed by atoms with van der Waals surface area (Å²) in [5, 5.41) is 29.9. The van der Waals surface area contributed by atoms with Crippen molar-refractivity contribution in [2.75, 3.05) is 0 Å². The molecule has 250 valence electrons. The van der Waals surface area contributed by atoms with Crippen LogP contribution in [0, 0.1) is 6.92 Å². The van der Waals surface area contributed by atoms with Crippen molar-refractivity contribution >= 4 is 118 Å². The van der Waals surface area contributed by atoms with E-state index in [0.29, 0.717) is 0 Å². The summed E-state index contributed by atoms with van der Waals surface area (Å²) in [6.07, 6.45) is 0. The smallest absolute Gasteiger partial charge is 0.000709 e. The molecule has 14 aromatic carbocycles. The van der Waals surface area contributed by atoms with Gasteiger partial charge in [0.05, 0.1) is 0 Å². The average molecular weight is 691 g/mol. The Balaban J connectivity index is 1.26. The highest BCUT2D eigenvalue weighted by Crippen LogP contribution is 2.57. The lowest BCUT2D eigenvalue weighted by Gasteiger charge is -2.19. The van der Waals surface area contributed by atoms with Gasteiger partial charge in [0.15, 0.2) is 0 Å². The Morgan fingerprint density at radius 1 is 0.255 bits per heavy atom. The molecule has 0 bridgehead atoms. The zero-order valence-corrected chi connectivity index (χ0v) is 30.1. The summed E-state index contributed by atoms with van der Waals surface area (Å²) < 4.78 is 0. The van der Waals surface area contributed by atoms with Crippen molar-refractivity contribution < 1.29 is 0 Å². The molecule has 0 atom stereocenters. The second-order valence-electron chi connectivity index (χ2n) is 15.9. The van der Waals surface area contributed by atoms with Gasteiger partial charge in [0.25, 0.3) is 0 Å². The highest BCUT2D eigenvalue weighted by atomic mass is 14.3. The van der Waals surface area contributed by atoms with Crippen LogP contribution in [0.2, 0.25) is 0 Å². The van der Waals surface area contributed by atoms with Crippen molar-refractivity contribution in [2.24, 2.45) is 0 Å². The van der Waals surface area contributed by atoms with Crippen molar-refractivity contribution in [3.8, 4) is 22.3 Å². The number of hydrogen-bond acceptors (Lipinski definition) is 0. The molecule has 0 nitrogen and oxygen atoms in total. The largest absolute Gasteiger partial charge is 0.0622 e. The number of benzene rings is 12. The van der Waals surface area contributed by atoms with Gasteiger partial charge in [-0.2, -0.15) is 0 Å². The van der Waals surface area contributed by atoms with Gasteiger partial charge in [-0.3, -0.25) is 0 Å². The van der Waals surface area contributed by atoms with Gasteiger partial charge in [0.1, 0.15) is 0 Å². The van der Waals surface area contributed by atoms with E-state index in [1.165, 1.54) is 146 Å². The first-order valence-corrected chi connectivity index (χ1v) is 19.4. The third-order valence-corrected chi connectivity index (χ3v) is 13.3. The Morgan fingerprint density at radius 3 is 1.51 bits per heavy atom. The van der Waals surface area contributed by atoms with E-state index >= 15 is 0 Å². The molecule has 0 aromatic heterocycles. The number of rotatable bonds is 2. The van der Waals surface area contributed by atoms with Crippen LogP contribution in [-0.4, -0.2) is 0 Å². The summed E-state index contributed by atoms with van der Waals surface area (Å²) in [5.41, 5.74) is 6.53. The normalized spacial score (nSPS) is 12.8. The zero-order chi connectivity index (χ0) is 35.7. The Morgan fingerprint density at radius 2 is 0.764 bits per heavy atom. The summed E-state index contributed by atoms with van der Waals surface area (Å²) in [4.78, 5) is 0. The van der Waals surface area contributed by atoms with Crippen LogP contribution in [0.1, 0.15) is 5.56 Å². The molecule has 14 rings (SSSR count). The van der Waals surface area contributed by atoms with Gasteiger partial charge in [-0.05, 0) is 165 Å². The first-order chi connectivity index (χ1) is 27.2. The maximum atomic E-state index is 2.54. The second kappa shape index (κ2) is 9.74. The minimum absolute atomic E-state index is 1.26. The maximum Gasteiger partial charge on any atom is -0.000709 e. The SMILES string of the molecule is Cc1ccccc1-c1c2ccccc2c(-c2ccccc2)c2c3ccc4c5ccc6c7c8ccccc8ccc7c7cc8ccc9cc(c12)c3c4c9c8c5c76. The van der Waals surface area contributed by atoms with Crippen molar-refractivity contribution in [1.82, 2.24) is 0 Å². The second-order valence-corrected chi connectivity index (χ2v) is 15.9. The fraction of sp³-hybridized carbons (Fsp3) is 0.0182. The lowest BCUT2D eigenvalue weighted by molar-refractivity contribution is 1.48. The van der Waals surface area contributed by atoms with Crippen LogP contribution in [-0.2, 0) is 0 Å². The van der Waals surface area contributed by atoms with Crippen LogP contribution in [0.5, 0.6) is 0 Å². The maximum absolute atomic E-state index is 2.54. The molecule has 14 aromatic rings. The molecule has 0 heteroatoms. The van der Waals surface area contributed by atoms with Crippen LogP contribution >= 0.6 is 0 Å². The van der Waals surface area contributed by atoms with E-state index in [1.807, 2.05) is 0 Å². The van der Waals surface area contributed by atoms with E-state index in [-0.39, 0.29) is 0 Å². The molecule has 0 heterocycles. The predicted molar refractivity (Wildman–Crippen MR) is 239 cm³/mol. The van der Waals surface area contributed by atoms with Crippen molar-refractivity contribution in [3.63, 3.8) is 0 Å². The van der Waals surface area contributed by atoms with Crippen molar-refractivity contribution in [1.29, 1.82) is 0 Å². The number of aryl methyl sites for hydroxylation is 1. The minimum atomic E-state index is 1.26. The molecule has 0 aliphatic rings. The van der Waals surface area contributed by atoms with E-state index < -0.39 is 0 Å². The van der Waals surface area contributed by atoms with Gasteiger partial charge in [-0.1, -0.05) is 152 Å². The van der Waals surface area contributed by atoms with Gasteiger partial charge < -0.3 is 0 Å². The van der Waals surface area contributed by atoms with Crippen molar-refractivity contribution in [2.45, 2.75) is 6.92 Å². The molecule has 0 aliphatic carbocycles. The summed E-state index contributed by atoms with van der Waals surface area (Å²) in [6.45, 7) is 2.26. The Kier molecular flexibility index (Phi) is 5.04. The van der Waals surface area contributed by atoms with Crippen LogP contribution in [0.15, 0.2) is 164 Å². The van der Waals surface area contributed by atoms with E-state index in [0.717, 1.165) is 0 Å². The highest BCUT2D eigenvalue weighted by molar-refractivity contribution is 6.52. The summed E-state index contributed by atoms with van der Waals surface area (Å²) in [6, 6.07) is 62.3. The topological polar surface area (TPSA) is 0 Å². The summed E-state index contributed by atoms with van der Waals surface area (Å²) in [7, 11) is 0. The monoisotopic (exact) mass is 690 g/mol. The Hall–Kier alpha value is -7.02. The Labute approximate surface area is 315 Å². The molecule has 0 unspecified atom stereocenters. The van der Waals surface area contributed by atoms with Crippen LogP contribution in [0.25, 0.3) is 141 Å². The lowest BCUT2D eigenvalue weighted by Crippen LogP contribution is -1.91. The summed E-state index contributed by atoms with van der Waals surface area (Å²) in [5.74, 6) is 0. The van der Waals surface area contributed by atoms with E-state index in [9.17, 15) is 0 Å². The fourth-order valence-corrected chi connectivity index (χ4v) is 11.2. The van der Waals surface area contributed by atoms with E-state index in [1.54, 1.807) is 0 Å². The third kappa shape index (κ3) is 3.29. The molecule has 0 amide bonds. The lowest BCUT2D eigenvalue weighted by atomic mass is 9.84. The van der Waals surface area contributed by atoms with Gasteiger partial charge in [0, 0.05) is 0 Å². The van der Waals surface area contributed by atoms with Gasteiger partial charge in [-0.15, -0.1) is 0 Å². The first kappa shape index (κ1) is 28.5. The molecular weight excluding hydrogens is 661 g/mol. The molecule has 0 saturated carbocycles. The quantitative estimate of drug-likeness (QED) is 0.125. The first-order valence-electron chi connectivity index (χ1n) is 19.4. The minimum Gasteiger partial charge on any atom is -0.0622 e. The molecule has 0 saturated heterocycles. The molecule has 0 aliphatic heterocycles. The number of fused-ring (bicyclic) bond motifs is 10. The fourth-order valence-electron chi connectivity index (χ4n) is 11.2. The predicted octanol–water partition coefficient (Wildman–Crippen LogP) is 15.8. The van der Waals surface area contributed by atoms with E-state index in [4.69, 9.17) is 0 Å². The molecule has 0 fully saturated rings. The van der Waals surface area contributed by atoms with Crippen LogP contribution in [0.3, 0.4) is 0 Å². The number of hydrogen-bond donors (Lipinski definition) is 0. The molecule has 0 radical (unpaired) electrons.